The highest BCUT2D eigenvalue weighted by molar-refractivity contribution is 5.55. The van der Waals surface area contributed by atoms with Gasteiger partial charge in [0.05, 0.1) is 4.92 Å². The fraction of sp³-hybridized carbons (Fsp3) is 0.154. The molecule has 0 amide bonds. The molecule has 1 aliphatic rings. The van der Waals surface area contributed by atoms with E-state index in [1.807, 2.05) is 18.2 Å². The van der Waals surface area contributed by atoms with Crippen molar-refractivity contribution in [3.05, 3.63) is 52.2 Å². The van der Waals surface area contributed by atoms with Crippen LogP contribution in [0.3, 0.4) is 0 Å². The van der Waals surface area contributed by atoms with Crippen LogP contribution in [0.4, 0.5) is 11.5 Å². The summed E-state index contributed by atoms with van der Waals surface area (Å²) in [6.07, 6.45) is 1.51. The molecular formula is C13H11N3O4. The minimum absolute atomic E-state index is 0.0479. The van der Waals surface area contributed by atoms with E-state index in [1.54, 1.807) is 0 Å². The first-order valence-electron chi connectivity index (χ1n) is 5.96. The molecule has 1 N–H and O–H groups in total. The number of nitrogens with zero attached hydrogens (tertiary/aromatic N) is 2. The molecule has 7 nitrogen and oxygen atoms in total. The normalized spacial score (nSPS) is 12.2. The molecule has 102 valence electrons. The fourth-order valence-electron chi connectivity index (χ4n) is 1.92. The summed E-state index contributed by atoms with van der Waals surface area (Å²) in [6.45, 7) is 0.631. The monoisotopic (exact) mass is 273 g/mol. The highest BCUT2D eigenvalue weighted by Crippen LogP contribution is 2.32. The van der Waals surface area contributed by atoms with Crippen LogP contribution in [0.5, 0.6) is 11.5 Å². The number of hydrogen-bond donors (Lipinski definition) is 1. The second-order valence-corrected chi connectivity index (χ2v) is 4.17. The molecule has 2 aromatic rings. The van der Waals surface area contributed by atoms with Crippen LogP contribution in [0.2, 0.25) is 0 Å². The van der Waals surface area contributed by atoms with Gasteiger partial charge in [-0.1, -0.05) is 6.07 Å². The van der Waals surface area contributed by atoms with Crippen LogP contribution in [0, 0.1) is 10.1 Å². The zero-order valence-corrected chi connectivity index (χ0v) is 10.4. The van der Waals surface area contributed by atoms with Gasteiger partial charge in [-0.25, -0.2) is 4.98 Å². The van der Waals surface area contributed by atoms with Crippen molar-refractivity contribution in [2.45, 2.75) is 6.54 Å². The predicted molar refractivity (Wildman–Crippen MR) is 70.8 cm³/mol. The van der Waals surface area contributed by atoms with E-state index in [0.717, 1.165) is 5.56 Å². The van der Waals surface area contributed by atoms with Crippen LogP contribution in [0.15, 0.2) is 36.5 Å². The number of benzene rings is 1. The molecule has 7 heteroatoms. The lowest BCUT2D eigenvalue weighted by Gasteiger charge is -2.06. The molecule has 2 heterocycles. The Morgan fingerprint density at radius 2 is 2.15 bits per heavy atom. The van der Waals surface area contributed by atoms with Gasteiger partial charge in [0, 0.05) is 18.8 Å². The molecule has 1 aromatic heterocycles. The number of nitrogens with one attached hydrogen (secondary N) is 1. The molecule has 0 unspecified atom stereocenters. The van der Waals surface area contributed by atoms with Crippen molar-refractivity contribution < 1.29 is 14.4 Å². The molecule has 1 aliphatic heterocycles. The van der Waals surface area contributed by atoms with Gasteiger partial charge in [-0.15, -0.1) is 0 Å². The topological polar surface area (TPSA) is 86.5 Å². The summed E-state index contributed by atoms with van der Waals surface area (Å²) in [4.78, 5) is 14.4. The van der Waals surface area contributed by atoms with Gasteiger partial charge in [-0.3, -0.25) is 10.1 Å². The molecule has 0 fully saturated rings. The van der Waals surface area contributed by atoms with Gasteiger partial charge in [0.25, 0.3) is 0 Å². The van der Waals surface area contributed by atoms with Gasteiger partial charge in [0.1, 0.15) is 0 Å². The molecule has 20 heavy (non-hydrogen) atoms. The highest BCUT2D eigenvalue weighted by atomic mass is 16.7. The Hall–Kier alpha value is -2.83. The molecule has 0 saturated heterocycles. The van der Waals surface area contributed by atoms with Crippen molar-refractivity contribution in [2.75, 3.05) is 12.1 Å². The lowest BCUT2D eigenvalue weighted by atomic mass is 10.2. The van der Waals surface area contributed by atoms with E-state index < -0.39 is 4.92 Å². The first-order chi connectivity index (χ1) is 9.74. The maximum atomic E-state index is 10.9. The SMILES string of the molecule is O=[N+]([O-])c1cccnc1NCc1ccc2c(c1)OCO2. The van der Waals surface area contributed by atoms with Crippen LogP contribution in [0.1, 0.15) is 5.56 Å². The molecular weight excluding hydrogens is 262 g/mol. The Morgan fingerprint density at radius 1 is 1.30 bits per heavy atom. The zero-order chi connectivity index (χ0) is 13.9. The van der Waals surface area contributed by atoms with Gasteiger partial charge in [-0.05, 0) is 23.8 Å². The van der Waals surface area contributed by atoms with E-state index in [0.29, 0.717) is 18.0 Å². The van der Waals surface area contributed by atoms with Crippen molar-refractivity contribution in [3.63, 3.8) is 0 Å². The molecule has 0 atom stereocenters. The molecule has 0 aliphatic carbocycles. The summed E-state index contributed by atoms with van der Waals surface area (Å²) in [6, 6.07) is 8.46. The Morgan fingerprint density at radius 3 is 3.00 bits per heavy atom. The van der Waals surface area contributed by atoms with Crippen LogP contribution < -0.4 is 14.8 Å². The Labute approximate surface area is 114 Å². The maximum Gasteiger partial charge on any atom is 0.311 e. The maximum absolute atomic E-state index is 10.9. The van der Waals surface area contributed by atoms with Gasteiger partial charge >= 0.3 is 5.69 Å². The van der Waals surface area contributed by atoms with Crippen molar-refractivity contribution in [1.29, 1.82) is 0 Å². The Kier molecular flexibility index (Phi) is 3.08. The highest BCUT2D eigenvalue weighted by Gasteiger charge is 2.15. The molecule has 0 spiro atoms. The summed E-state index contributed by atoms with van der Waals surface area (Å²) in [5.41, 5.74) is 0.877. The third-order valence-electron chi connectivity index (χ3n) is 2.88. The minimum atomic E-state index is -0.463. The van der Waals surface area contributed by atoms with E-state index in [9.17, 15) is 10.1 Å². The number of nitro groups is 1. The largest absolute Gasteiger partial charge is 0.454 e. The third kappa shape index (κ3) is 2.33. The summed E-state index contributed by atoms with van der Waals surface area (Å²) in [5.74, 6) is 1.63. The van der Waals surface area contributed by atoms with Crippen molar-refractivity contribution in [2.24, 2.45) is 0 Å². The van der Waals surface area contributed by atoms with Crippen LogP contribution >= 0.6 is 0 Å². The minimum Gasteiger partial charge on any atom is -0.454 e. The summed E-state index contributed by atoms with van der Waals surface area (Å²) in [5, 5.41) is 13.8. The molecule has 1 aromatic carbocycles. The molecule has 0 radical (unpaired) electrons. The number of aromatic nitrogens is 1. The number of fused-ring (bicyclic) bond motifs is 1. The standard InChI is InChI=1S/C13H11N3O4/c17-16(18)10-2-1-5-14-13(10)15-7-9-3-4-11-12(6-9)20-8-19-11/h1-6H,7-8H2,(H,14,15). The van der Waals surface area contributed by atoms with E-state index in [-0.39, 0.29) is 18.3 Å². The van der Waals surface area contributed by atoms with Crippen LogP contribution in [0.25, 0.3) is 0 Å². The van der Waals surface area contributed by atoms with Gasteiger partial charge in [-0.2, -0.15) is 0 Å². The third-order valence-corrected chi connectivity index (χ3v) is 2.88. The first-order valence-corrected chi connectivity index (χ1v) is 5.96. The van der Waals surface area contributed by atoms with Crippen molar-refractivity contribution in [3.8, 4) is 11.5 Å². The lowest BCUT2D eigenvalue weighted by molar-refractivity contribution is -0.384. The van der Waals surface area contributed by atoms with Gasteiger partial charge < -0.3 is 14.8 Å². The van der Waals surface area contributed by atoms with E-state index >= 15 is 0 Å². The molecule has 0 bridgehead atoms. The summed E-state index contributed by atoms with van der Waals surface area (Å²) in [7, 11) is 0. The smallest absolute Gasteiger partial charge is 0.311 e. The van der Waals surface area contributed by atoms with E-state index in [2.05, 4.69) is 10.3 Å². The van der Waals surface area contributed by atoms with Crippen LogP contribution in [-0.2, 0) is 6.54 Å². The average Bonchev–Trinajstić information content (AvgIpc) is 2.92. The Balaban J connectivity index is 1.75. The predicted octanol–water partition coefficient (Wildman–Crippen LogP) is 2.33. The average molecular weight is 273 g/mol. The quantitative estimate of drug-likeness (QED) is 0.679. The van der Waals surface area contributed by atoms with Gasteiger partial charge in [0.2, 0.25) is 12.6 Å². The summed E-state index contributed by atoms with van der Waals surface area (Å²) < 4.78 is 10.5. The second-order valence-electron chi connectivity index (χ2n) is 4.17. The van der Waals surface area contributed by atoms with E-state index in [4.69, 9.17) is 9.47 Å². The van der Waals surface area contributed by atoms with Crippen LogP contribution in [-0.4, -0.2) is 16.7 Å². The second kappa shape index (κ2) is 5.04. The zero-order valence-electron chi connectivity index (χ0n) is 10.4. The number of anilines is 1. The molecule has 3 rings (SSSR count). The number of pyridine rings is 1. The Bertz CT molecular complexity index is 660. The fourth-order valence-corrected chi connectivity index (χ4v) is 1.92. The van der Waals surface area contributed by atoms with Crippen molar-refractivity contribution in [1.82, 2.24) is 4.98 Å². The summed E-state index contributed by atoms with van der Waals surface area (Å²) >= 11 is 0. The first kappa shape index (κ1) is 12.2. The number of rotatable bonds is 4. The van der Waals surface area contributed by atoms with Gasteiger partial charge in [0.15, 0.2) is 11.5 Å². The van der Waals surface area contributed by atoms with Crippen molar-refractivity contribution >= 4 is 11.5 Å². The molecule has 0 saturated carbocycles. The number of ether oxygens (including phenoxy) is 2. The number of hydrogen-bond acceptors (Lipinski definition) is 6. The van der Waals surface area contributed by atoms with E-state index in [1.165, 1.54) is 18.3 Å². The lowest BCUT2D eigenvalue weighted by Crippen LogP contribution is -2.04.